The van der Waals surface area contributed by atoms with Gasteiger partial charge in [0.2, 0.25) is 0 Å². The minimum absolute atomic E-state index is 0.798. The number of hydrogen-bond acceptors (Lipinski definition) is 1. The second-order valence-electron chi connectivity index (χ2n) is 3.49. The summed E-state index contributed by atoms with van der Waals surface area (Å²) < 4.78 is 0. The fourth-order valence-electron chi connectivity index (χ4n) is 1.21. The molecule has 0 heterocycles. The molecule has 1 unspecified atom stereocenters. The van der Waals surface area contributed by atoms with E-state index in [0.29, 0.717) is 0 Å². The Kier molecular flexibility index (Phi) is 7.25. The highest BCUT2D eigenvalue weighted by molar-refractivity contribution is 8.00. The number of rotatable bonds is 6. The molecule has 0 aromatic rings. The maximum atomic E-state index is 2.35. The highest BCUT2D eigenvalue weighted by atomic mass is 32.2. The van der Waals surface area contributed by atoms with Gasteiger partial charge in [0, 0.05) is 5.25 Å². The van der Waals surface area contributed by atoms with Crippen LogP contribution < -0.4 is 0 Å². The van der Waals surface area contributed by atoms with E-state index < -0.39 is 0 Å². The molecule has 0 amide bonds. The van der Waals surface area contributed by atoms with Crippen molar-refractivity contribution in [2.45, 2.75) is 63.9 Å². The molecule has 0 rings (SSSR count). The molecular weight excluding hydrogens is 152 g/mol. The molecule has 0 spiro atoms. The van der Waals surface area contributed by atoms with Crippen molar-refractivity contribution < 1.29 is 0 Å². The maximum Gasteiger partial charge on any atom is 0.00212 e. The Bertz CT molecular complexity index is 78.9. The van der Waals surface area contributed by atoms with Crippen LogP contribution in [-0.4, -0.2) is 10.5 Å². The van der Waals surface area contributed by atoms with Crippen LogP contribution in [0.15, 0.2) is 0 Å². The van der Waals surface area contributed by atoms with Crippen molar-refractivity contribution in [3.8, 4) is 0 Å². The lowest BCUT2D eigenvalue weighted by Crippen LogP contribution is -2.01. The van der Waals surface area contributed by atoms with Crippen LogP contribution >= 0.6 is 11.8 Å². The van der Waals surface area contributed by atoms with Gasteiger partial charge >= 0.3 is 0 Å². The van der Waals surface area contributed by atoms with Crippen molar-refractivity contribution in [2.24, 2.45) is 0 Å². The minimum atomic E-state index is 0.798. The average Bonchev–Trinajstić information content (AvgIpc) is 1.86. The lowest BCUT2D eigenvalue weighted by Gasteiger charge is -2.12. The molecule has 1 heteroatoms. The van der Waals surface area contributed by atoms with Gasteiger partial charge in [-0.05, 0) is 11.7 Å². The van der Waals surface area contributed by atoms with Gasteiger partial charge in [0.15, 0.2) is 0 Å². The molecule has 1 atom stereocenters. The molecule has 0 radical (unpaired) electrons. The van der Waals surface area contributed by atoms with E-state index in [9.17, 15) is 0 Å². The van der Waals surface area contributed by atoms with E-state index >= 15 is 0 Å². The summed E-state index contributed by atoms with van der Waals surface area (Å²) in [7, 11) is 0. The standard InChI is InChI=1S/C10H22S/c1-5-6-7-8-10(4)11-9(2)3/h9-10H,5-8H2,1-4H3. The topological polar surface area (TPSA) is 0 Å². The summed E-state index contributed by atoms with van der Waals surface area (Å²) in [5.41, 5.74) is 0. The van der Waals surface area contributed by atoms with Gasteiger partial charge in [-0.1, -0.05) is 47.0 Å². The quantitative estimate of drug-likeness (QED) is 0.546. The zero-order valence-electron chi connectivity index (χ0n) is 8.39. The van der Waals surface area contributed by atoms with Gasteiger partial charge in [-0.2, -0.15) is 11.8 Å². The maximum absolute atomic E-state index is 2.35. The summed E-state index contributed by atoms with van der Waals surface area (Å²) in [6.45, 7) is 9.17. The molecule has 0 aliphatic rings. The Morgan fingerprint density at radius 2 is 1.73 bits per heavy atom. The number of thioether (sulfide) groups is 1. The van der Waals surface area contributed by atoms with Crippen LogP contribution in [0.1, 0.15) is 53.4 Å². The zero-order valence-corrected chi connectivity index (χ0v) is 9.21. The van der Waals surface area contributed by atoms with E-state index in [4.69, 9.17) is 0 Å². The molecule has 0 N–H and O–H groups in total. The van der Waals surface area contributed by atoms with E-state index in [1.54, 1.807) is 0 Å². The smallest absolute Gasteiger partial charge is 0.00212 e. The predicted molar refractivity (Wildman–Crippen MR) is 56.3 cm³/mol. The van der Waals surface area contributed by atoms with Crippen molar-refractivity contribution in [2.75, 3.05) is 0 Å². The predicted octanol–water partition coefficient (Wildman–Crippen LogP) is 4.10. The molecule has 68 valence electrons. The van der Waals surface area contributed by atoms with Crippen LogP contribution in [0.25, 0.3) is 0 Å². The Morgan fingerprint density at radius 3 is 2.18 bits per heavy atom. The lowest BCUT2D eigenvalue weighted by atomic mass is 10.2. The number of hydrogen-bond donors (Lipinski definition) is 0. The highest BCUT2D eigenvalue weighted by Gasteiger charge is 2.03. The normalized spacial score (nSPS) is 13.9. The molecule has 0 saturated carbocycles. The molecular formula is C10H22S. The molecule has 0 nitrogen and oxygen atoms in total. The van der Waals surface area contributed by atoms with Gasteiger partial charge in [-0.25, -0.2) is 0 Å². The SMILES string of the molecule is CCCCCC(C)SC(C)C. The molecule has 0 fully saturated rings. The first kappa shape index (κ1) is 11.4. The van der Waals surface area contributed by atoms with Crippen LogP contribution in [0.5, 0.6) is 0 Å². The Labute approximate surface area is 76.1 Å². The molecule has 0 aliphatic carbocycles. The third-order valence-electron chi connectivity index (χ3n) is 1.72. The van der Waals surface area contributed by atoms with Gasteiger partial charge in [0.25, 0.3) is 0 Å². The van der Waals surface area contributed by atoms with Crippen LogP contribution in [0.3, 0.4) is 0 Å². The van der Waals surface area contributed by atoms with Crippen molar-refractivity contribution >= 4 is 11.8 Å². The van der Waals surface area contributed by atoms with Crippen molar-refractivity contribution in [1.82, 2.24) is 0 Å². The van der Waals surface area contributed by atoms with Crippen LogP contribution in [0.4, 0.5) is 0 Å². The molecule has 0 bridgehead atoms. The fraction of sp³-hybridized carbons (Fsp3) is 1.00. The second kappa shape index (κ2) is 7.02. The van der Waals surface area contributed by atoms with E-state index in [0.717, 1.165) is 10.5 Å². The van der Waals surface area contributed by atoms with Gasteiger partial charge in [-0.3, -0.25) is 0 Å². The summed E-state index contributed by atoms with van der Waals surface area (Å²) in [4.78, 5) is 0. The summed E-state index contributed by atoms with van der Waals surface area (Å²) in [6, 6.07) is 0. The summed E-state index contributed by atoms with van der Waals surface area (Å²) in [5.74, 6) is 0. The highest BCUT2D eigenvalue weighted by Crippen LogP contribution is 2.21. The summed E-state index contributed by atoms with van der Waals surface area (Å²) in [5, 5.41) is 1.66. The third kappa shape index (κ3) is 8.25. The molecule has 11 heavy (non-hydrogen) atoms. The average molecular weight is 174 g/mol. The molecule has 0 saturated heterocycles. The Hall–Kier alpha value is 0.350. The first-order valence-electron chi connectivity index (χ1n) is 4.82. The monoisotopic (exact) mass is 174 g/mol. The van der Waals surface area contributed by atoms with Crippen LogP contribution in [-0.2, 0) is 0 Å². The summed E-state index contributed by atoms with van der Waals surface area (Å²) in [6.07, 6.45) is 5.57. The van der Waals surface area contributed by atoms with Crippen molar-refractivity contribution in [3.63, 3.8) is 0 Å². The molecule has 0 aliphatic heterocycles. The van der Waals surface area contributed by atoms with Gasteiger partial charge in [0.1, 0.15) is 0 Å². The van der Waals surface area contributed by atoms with Crippen LogP contribution in [0, 0.1) is 0 Å². The van der Waals surface area contributed by atoms with Crippen molar-refractivity contribution in [3.05, 3.63) is 0 Å². The van der Waals surface area contributed by atoms with Gasteiger partial charge in [0.05, 0.1) is 0 Å². The Balaban J connectivity index is 3.15. The lowest BCUT2D eigenvalue weighted by molar-refractivity contribution is 0.663. The Morgan fingerprint density at radius 1 is 1.09 bits per heavy atom. The molecule has 0 aromatic carbocycles. The first-order valence-corrected chi connectivity index (χ1v) is 5.76. The van der Waals surface area contributed by atoms with Gasteiger partial charge < -0.3 is 0 Å². The van der Waals surface area contributed by atoms with Crippen LogP contribution in [0.2, 0.25) is 0 Å². The summed E-state index contributed by atoms with van der Waals surface area (Å²) >= 11 is 2.10. The largest absolute Gasteiger partial charge is 0.156 e. The third-order valence-corrected chi connectivity index (χ3v) is 2.96. The van der Waals surface area contributed by atoms with E-state index in [1.165, 1.54) is 25.7 Å². The zero-order chi connectivity index (χ0) is 8.69. The minimum Gasteiger partial charge on any atom is -0.156 e. The van der Waals surface area contributed by atoms with E-state index in [2.05, 4.69) is 39.5 Å². The van der Waals surface area contributed by atoms with Gasteiger partial charge in [-0.15, -0.1) is 0 Å². The van der Waals surface area contributed by atoms with Crippen molar-refractivity contribution in [1.29, 1.82) is 0 Å². The molecule has 0 aromatic heterocycles. The number of unbranched alkanes of at least 4 members (excludes halogenated alkanes) is 2. The fourth-order valence-corrected chi connectivity index (χ4v) is 2.45. The first-order chi connectivity index (χ1) is 5.16. The second-order valence-corrected chi connectivity index (χ2v) is 5.51. The van der Waals surface area contributed by atoms with E-state index in [-0.39, 0.29) is 0 Å². The van der Waals surface area contributed by atoms with E-state index in [1.807, 2.05) is 0 Å².